The topological polar surface area (TPSA) is 46.2 Å². The Bertz CT molecular complexity index is 419. The molecule has 90 valence electrons. The van der Waals surface area contributed by atoms with E-state index in [2.05, 4.69) is 4.72 Å². The molecule has 0 aliphatic carbocycles. The molecule has 0 unspecified atom stereocenters. The van der Waals surface area contributed by atoms with E-state index in [1.807, 2.05) is 32.9 Å². The predicted molar refractivity (Wildman–Crippen MR) is 65.9 cm³/mol. The van der Waals surface area contributed by atoms with Crippen molar-refractivity contribution in [3.63, 3.8) is 0 Å². The summed E-state index contributed by atoms with van der Waals surface area (Å²) in [5.74, 6) is 0. The van der Waals surface area contributed by atoms with Crippen molar-refractivity contribution in [2.75, 3.05) is 0 Å². The van der Waals surface area contributed by atoms with Crippen molar-refractivity contribution in [3.05, 3.63) is 29.8 Å². The predicted octanol–water partition coefficient (Wildman–Crippen LogP) is 2.46. The highest BCUT2D eigenvalue weighted by Crippen LogP contribution is 2.11. The summed E-state index contributed by atoms with van der Waals surface area (Å²) in [6, 6.07) is 6.91. The Labute approximate surface area is 97.9 Å². The maximum atomic E-state index is 12.0. The highest BCUT2D eigenvalue weighted by molar-refractivity contribution is 7.89. The van der Waals surface area contributed by atoms with Crippen LogP contribution < -0.4 is 4.72 Å². The van der Waals surface area contributed by atoms with Gasteiger partial charge in [0.15, 0.2) is 0 Å². The summed E-state index contributed by atoms with van der Waals surface area (Å²) in [4.78, 5) is 0.338. The number of nitrogens with one attached hydrogen (secondary N) is 1. The molecule has 1 rings (SSSR count). The number of rotatable bonds is 5. The fourth-order valence-corrected chi connectivity index (χ4v) is 2.86. The van der Waals surface area contributed by atoms with Gasteiger partial charge in [-0.05, 0) is 31.9 Å². The second kappa shape index (κ2) is 5.46. The van der Waals surface area contributed by atoms with Crippen LogP contribution in [0, 0.1) is 6.92 Å². The Kier molecular flexibility index (Phi) is 4.50. The van der Waals surface area contributed by atoms with E-state index in [0.29, 0.717) is 4.90 Å². The Hall–Kier alpha value is -0.870. The van der Waals surface area contributed by atoms with Gasteiger partial charge in [-0.25, -0.2) is 13.1 Å². The minimum atomic E-state index is -3.35. The Balaban J connectivity index is 2.89. The van der Waals surface area contributed by atoms with Crippen LogP contribution in [0.2, 0.25) is 0 Å². The van der Waals surface area contributed by atoms with Crippen LogP contribution in [0.4, 0.5) is 0 Å². The van der Waals surface area contributed by atoms with Gasteiger partial charge in [-0.3, -0.25) is 0 Å². The van der Waals surface area contributed by atoms with Gasteiger partial charge in [0.2, 0.25) is 10.0 Å². The van der Waals surface area contributed by atoms with Gasteiger partial charge in [-0.1, -0.05) is 31.5 Å². The van der Waals surface area contributed by atoms with Crippen molar-refractivity contribution in [2.45, 2.75) is 44.6 Å². The third kappa shape index (κ3) is 3.32. The molecule has 0 heterocycles. The van der Waals surface area contributed by atoms with E-state index >= 15 is 0 Å². The van der Waals surface area contributed by atoms with E-state index in [1.54, 1.807) is 12.1 Å². The molecule has 1 aromatic carbocycles. The zero-order valence-electron chi connectivity index (χ0n) is 10.0. The molecule has 0 spiro atoms. The fourth-order valence-electron chi connectivity index (χ4n) is 1.46. The van der Waals surface area contributed by atoms with Crippen molar-refractivity contribution in [3.8, 4) is 0 Å². The van der Waals surface area contributed by atoms with Crippen molar-refractivity contribution in [2.24, 2.45) is 0 Å². The van der Waals surface area contributed by atoms with E-state index in [1.165, 1.54) is 0 Å². The minimum Gasteiger partial charge on any atom is -0.208 e. The molecule has 1 aromatic rings. The minimum absolute atomic E-state index is 0.0197. The van der Waals surface area contributed by atoms with Gasteiger partial charge in [-0.2, -0.15) is 0 Å². The van der Waals surface area contributed by atoms with Gasteiger partial charge in [0.1, 0.15) is 0 Å². The van der Waals surface area contributed by atoms with Crippen LogP contribution in [0.25, 0.3) is 0 Å². The molecule has 3 nitrogen and oxygen atoms in total. The number of sulfonamides is 1. The second-order valence-electron chi connectivity index (χ2n) is 3.95. The molecule has 4 heteroatoms. The molecule has 0 saturated heterocycles. The third-order valence-electron chi connectivity index (χ3n) is 2.64. The number of hydrogen-bond donors (Lipinski definition) is 1. The zero-order chi connectivity index (χ0) is 12.2. The summed E-state index contributed by atoms with van der Waals surface area (Å²) >= 11 is 0. The van der Waals surface area contributed by atoms with Crippen molar-refractivity contribution in [1.29, 1.82) is 0 Å². The lowest BCUT2D eigenvalue weighted by Gasteiger charge is -2.14. The summed E-state index contributed by atoms with van der Waals surface area (Å²) in [6.07, 6.45) is 1.61. The van der Waals surface area contributed by atoms with Crippen molar-refractivity contribution >= 4 is 10.0 Å². The molecular weight excluding hydrogens is 222 g/mol. The first-order valence-electron chi connectivity index (χ1n) is 5.58. The molecule has 0 fully saturated rings. The monoisotopic (exact) mass is 241 g/mol. The fraction of sp³-hybridized carbons (Fsp3) is 0.500. The third-order valence-corrected chi connectivity index (χ3v) is 4.18. The molecule has 0 aromatic heterocycles. The van der Waals surface area contributed by atoms with E-state index in [9.17, 15) is 8.42 Å². The lowest BCUT2D eigenvalue weighted by molar-refractivity contribution is 0.530. The normalized spacial score (nSPS) is 12.0. The first-order chi connectivity index (χ1) is 7.49. The average molecular weight is 241 g/mol. The van der Waals surface area contributed by atoms with E-state index < -0.39 is 10.0 Å². The van der Waals surface area contributed by atoms with Gasteiger partial charge in [0.05, 0.1) is 4.90 Å². The van der Waals surface area contributed by atoms with E-state index in [-0.39, 0.29) is 6.04 Å². The molecular formula is C12H19NO2S. The van der Waals surface area contributed by atoms with E-state index in [0.717, 1.165) is 18.4 Å². The molecule has 0 radical (unpaired) electrons. The summed E-state index contributed by atoms with van der Waals surface area (Å²) in [6.45, 7) is 5.89. The molecule has 16 heavy (non-hydrogen) atoms. The SMILES string of the molecule is CCC(CC)NS(=O)(=O)c1ccc(C)cc1. The van der Waals surface area contributed by atoms with Crippen LogP contribution in [0.15, 0.2) is 29.2 Å². The average Bonchev–Trinajstić information content (AvgIpc) is 2.26. The van der Waals surface area contributed by atoms with Crippen LogP contribution in [0.5, 0.6) is 0 Å². The van der Waals surface area contributed by atoms with Crippen LogP contribution >= 0.6 is 0 Å². The molecule has 0 bridgehead atoms. The first kappa shape index (κ1) is 13.2. The van der Waals surface area contributed by atoms with Gasteiger partial charge in [-0.15, -0.1) is 0 Å². The summed E-state index contributed by atoms with van der Waals surface area (Å²) in [7, 11) is -3.35. The maximum absolute atomic E-state index is 12.0. The molecule has 0 amide bonds. The van der Waals surface area contributed by atoms with Gasteiger partial charge in [0, 0.05) is 6.04 Å². The second-order valence-corrected chi connectivity index (χ2v) is 5.66. The number of aryl methyl sites for hydroxylation is 1. The highest BCUT2D eigenvalue weighted by atomic mass is 32.2. The lowest BCUT2D eigenvalue weighted by atomic mass is 10.2. The molecule has 0 aliphatic heterocycles. The first-order valence-corrected chi connectivity index (χ1v) is 7.07. The summed E-state index contributed by atoms with van der Waals surface area (Å²) in [5.41, 5.74) is 1.06. The van der Waals surface area contributed by atoms with Crippen LogP contribution in [-0.2, 0) is 10.0 Å². The molecule has 0 aliphatic rings. The van der Waals surface area contributed by atoms with Gasteiger partial charge in [0.25, 0.3) is 0 Å². The molecule has 0 atom stereocenters. The number of benzene rings is 1. The Morgan fingerprint density at radius 3 is 2.06 bits per heavy atom. The maximum Gasteiger partial charge on any atom is 0.240 e. The standard InChI is InChI=1S/C12H19NO2S/c1-4-11(5-2)13-16(14,15)12-8-6-10(3)7-9-12/h6-9,11,13H,4-5H2,1-3H3. The smallest absolute Gasteiger partial charge is 0.208 e. The van der Waals surface area contributed by atoms with Gasteiger partial charge >= 0.3 is 0 Å². The van der Waals surface area contributed by atoms with Crippen molar-refractivity contribution in [1.82, 2.24) is 4.72 Å². The quantitative estimate of drug-likeness (QED) is 0.860. The van der Waals surface area contributed by atoms with Crippen molar-refractivity contribution < 1.29 is 8.42 Å². The van der Waals surface area contributed by atoms with Crippen LogP contribution in [0.1, 0.15) is 32.3 Å². The molecule has 1 N–H and O–H groups in total. The highest BCUT2D eigenvalue weighted by Gasteiger charge is 2.17. The number of hydrogen-bond acceptors (Lipinski definition) is 2. The molecule has 0 saturated carbocycles. The summed E-state index contributed by atoms with van der Waals surface area (Å²) in [5, 5.41) is 0. The zero-order valence-corrected chi connectivity index (χ0v) is 10.8. The van der Waals surface area contributed by atoms with Crippen LogP contribution in [0.3, 0.4) is 0 Å². The largest absolute Gasteiger partial charge is 0.240 e. The van der Waals surface area contributed by atoms with Crippen LogP contribution in [-0.4, -0.2) is 14.5 Å². The van der Waals surface area contributed by atoms with Gasteiger partial charge < -0.3 is 0 Å². The Morgan fingerprint density at radius 2 is 1.62 bits per heavy atom. The Morgan fingerprint density at radius 1 is 1.12 bits per heavy atom. The summed E-state index contributed by atoms with van der Waals surface area (Å²) < 4.78 is 26.6. The lowest BCUT2D eigenvalue weighted by Crippen LogP contribution is -2.33. The van der Waals surface area contributed by atoms with E-state index in [4.69, 9.17) is 0 Å².